The fraction of sp³-hybridized carbons (Fsp3) is 0.263. The van der Waals surface area contributed by atoms with Crippen LogP contribution in [0.2, 0.25) is 5.02 Å². The highest BCUT2D eigenvalue weighted by atomic mass is 35.5. The summed E-state index contributed by atoms with van der Waals surface area (Å²) in [4.78, 5) is 16.8. The van der Waals surface area contributed by atoms with E-state index < -0.39 is 0 Å². The molecule has 1 unspecified atom stereocenters. The first-order valence-electron chi connectivity index (χ1n) is 8.45. The zero-order chi connectivity index (χ0) is 18.1. The number of carbonyl (C=O) groups is 1. The molecule has 0 radical (unpaired) electrons. The van der Waals surface area contributed by atoms with Gasteiger partial charge in [0.15, 0.2) is 16.8 Å². The van der Waals surface area contributed by atoms with Crippen LogP contribution in [0.25, 0.3) is 11.4 Å². The minimum atomic E-state index is -0.261. The van der Waals surface area contributed by atoms with Crippen molar-refractivity contribution >= 4 is 29.1 Å². The van der Waals surface area contributed by atoms with Crippen LogP contribution in [0.15, 0.2) is 53.9 Å². The first-order chi connectivity index (χ1) is 12.6. The second-order valence-electron chi connectivity index (χ2n) is 6.27. The fourth-order valence-electron chi connectivity index (χ4n) is 2.78. The van der Waals surface area contributed by atoms with Crippen molar-refractivity contribution in [3.05, 3.63) is 59.4 Å². The molecule has 1 saturated carbocycles. The van der Waals surface area contributed by atoms with Crippen molar-refractivity contribution in [2.45, 2.75) is 36.2 Å². The number of pyridine rings is 1. The second kappa shape index (κ2) is 7.21. The Balaban J connectivity index is 1.59. The molecular formula is C19H17ClN4OS. The number of thioether (sulfide) groups is 1. The number of halogens is 1. The Labute approximate surface area is 160 Å². The van der Waals surface area contributed by atoms with Crippen LogP contribution in [-0.4, -0.2) is 30.8 Å². The van der Waals surface area contributed by atoms with E-state index >= 15 is 0 Å². The Kier molecular flexibility index (Phi) is 4.78. The third kappa shape index (κ3) is 3.52. The highest BCUT2D eigenvalue weighted by Gasteiger charge is 2.31. The number of ketones is 1. The third-order valence-corrected chi connectivity index (χ3v) is 5.60. The zero-order valence-electron chi connectivity index (χ0n) is 14.2. The summed E-state index contributed by atoms with van der Waals surface area (Å²) in [5, 5.41) is 9.89. The van der Waals surface area contributed by atoms with Gasteiger partial charge in [-0.15, -0.1) is 10.2 Å². The van der Waals surface area contributed by atoms with Crippen molar-refractivity contribution in [1.82, 2.24) is 19.7 Å². The third-order valence-electron chi connectivity index (χ3n) is 4.30. The largest absolute Gasteiger partial charge is 0.299 e. The predicted octanol–water partition coefficient (Wildman–Crippen LogP) is 4.69. The number of nitrogens with zero attached hydrogens (tertiary/aromatic N) is 4. The monoisotopic (exact) mass is 384 g/mol. The normalized spacial score (nSPS) is 15.0. The molecule has 4 rings (SSSR count). The summed E-state index contributed by atoms with van der Waals surface area (Å²) < 4.78 is 2.16. The molecule has 2 aromatic heterocycles. The minimum Gasteiger partial charge on any atom is -0.299 e. The van der Waals surface area contributed by atoms with Crippen LogP contribution in [0.3, 0.4) is 0 Å². The SMILES string of the molecule is CC(Sc1nnc(-c2ccncc2)n1C1CC1)C(=O)c1ccc(Cl)cc1. The van der Waals surface area contributed by atoms with Crippen molar-refractivity contribution in [2.24, 2.45) is 0 Å². The highest BCUT2D eigenvalue weighted by Crippen LogP contribution is 2.41. The van der Waals surface area contributed by atoms with E-state index in [0.29, 0.717) is 16.6 Å². The average molecular weight is 385 g/mol. The van der Waals surface area contributed by atoms with Crippen LogP contribution in [0.5, 0.6) is 0 Å². The van der Waals surface area contributed by atoms with Gasteiger partial charge in [0.2, 0.25) is 0 Å². The molecule has 1 fully saturated rings. The number of aromatic nitrogens is 4. The summed E-state index contributed by atoms with van der Waals surface area (Å²) in [6.07, 6.45) is 5.73. The van der Waals surface area contributed by atoms with Crippen LogP contribution in [0.1, 0.15) is 36.2 Å². The molecule has 26 heavy (non-hydrogen) atoms. The summed E-state index contributed by atoms with van der Waals surface area (Å²) in [6, 6.07) is 11.3. The fourth-order valence-corrected chi connectivity index (χ4v) is 3.90. The lowest BCUT2D eigenvalue weighted by Crippen LogP contribution is -2.14. The Morgan fingerprint density at radius 2 is 1.85 bits per heavy atom. The Hall–Kier alpha value is -2.18. The zero-order valence-corrected chi connectivity index (χ0v) is 15.7. The van der Waals surface area contributed by atoms with E-state index in [1.165, 1.54) is 11.8 Å². The van der Waals surface area contributed by atoms with Gasteiger partial charge in [0.25, 0.3) is 0 Å². The number of hydrogen-bond donors (Lipinski definition) is 0. The minimum absolute atomic E-state index is 0.0578. The Morgan fingerprint density at radius 1 is 1.15 bits per heavy atom. The molecule has 1 aliphatic rings. The maximum atomic E-state index is 12.7. The molecule has 0 amide bonds. The van der Waals surface area contributed by atoms with E-state index in [0.717, 1.165) is 29.4 Å². The van der Waals surface area contributed by atoms with E-state index in [1.807, 2.05) is 19.1 Å². The van der Waals surface area contributed by atoms with Gasteiger partial charge in [-0.1, -0.05) is 23.4 Å². The maximum Gasteiger partial charge on any atom is 0.192 e. The van der Waals surface area contributed by atoms with Crippen molar-refractivity contribution in [3.63, 3.8) is 0 Å². The first-order valence-corrected chi connectivity index (χ1v) is 9.71. The molecular weight excluding hydrogens is 368 g/mol. The van der Waals surface area contributed by atoms with E-state index in [1.54, 1.807) is 36.7 Å². The van der Waals surface area contributed by atoms with Gasteiger partial charge >= 0.3 is 0 Å². The Morgan fingerprint density at radius 3 is 2.50 bits per heavy atom. The molecule has 0 N–H and O–H groups in total. The molecule has 5 nitrogen and oxygen atoms in total. The average Bonchev–Trinajstić information content (AvgIpc) is 3.42. The van der Waals surface area contributed by atoms with Crippen molar-refractivity contribution < 1.29 is 4.79 Å². The topological polar surface area (TPSA) is 60.7 Å². The Bertz CT molecular complexity index is 922. The van der Waals surface area contributed by atoms with E-state index in [2.05, 4.69) is 19.7 Å². The van der Waals surface area contributed by atoms with Crippen molar-refractivity contribution in [1.29, 1.82) is 0 Å². The quantitative estimate of drug-likeness (QED) is 0.455. The van der Waals surface area contributed by atoms with E-state index in [9.17, 15) is 4.79 Å². The molecule has 7 heteroatoms. The van der Waals surface area contributed by atoms with Crippen LogP contribution >= 0.6 is 23.4 Å². The lowest BCUT2D eigenvalue weighted by Gasteiger charge is -2.12. The summed E-state index contributed by atoms with van der Waals surface area (Å²) in [6.45, 7) is 1.90. The molecule has 1 aliphatic carbocycles. The van der Waals surface area contributed by atoms with Crippen molar-refractivity contribution in [3.8, 4) is 11.4 Å². The van der Waals surface area contributed by atoms with Crippen molar-refractivity contribution in [2.75, 3.05) is 0 Å². The van der Waals surface area contributed by atoms with Crippen LogP contribution < -0.4 is 0 Å². The molecule has 1 aromatic carbocycles. The summed E-state index contributed by atoms with van der Waals surface area (Å²) in [5.41, 5.74) is 1.64. The number of Topliss-reactive ketones (excluding diaryl/α,β-unsaturated/α-hetero) is 1. The lowest BCUT2D eigenvalue weighted by atomic mass is 10.1. The van der Waals surface area contributed by atoms with Gasteiger partial charge in [-0.3, -0.25) is 14.3 Å². The van der Waals surface area contributed by atoms with Crippen LogP contribution in [0.4, 0.5) is 0 Å². The van der Waals surface area contributed by atoms with Gasteiger partial charge in [0.1, 0.15) is 0 Å². The highest BCUT2D eigenvalue weighted by molar-refractivity contribution is 8.00. The lowest BCUT2D eigenvalue weighted by molar-refractivity contribution is 0.0994. The van der Waals surface area contributed by atoms with Crippen LogP contribution in [0, 0.1) is 0 Å². The van der Waals surface area contributed by atoms with Gasteiger partial charge < -0.3 is 0 Å². The molecule has 132 valence electrons. The number of rotatable bonds is 6. The van der Waals surface area contributed by atoms with E-state index in [-0.39, 0.29) is 11.0 Å². The number of carbonyl (C=O) groups excluding carboxylic acids is 1. The van der Waals surface area contributed by atoms with Gasteiger partial charge in [-0.25, -0.2) is 0 Å². The first kappa shape index (κ1) is 17.2. The predicted molar refractivity (Wildman–Crippen MR) is 103 cm³/mol. The number of benzene rings is 1. The summed E-state index contributed by atoms with van der Waals surface area (Å²) in [5.74, 6) is 0.894. The van der Waals surface area contributed by atoms with Gasteiger partial charge in [0.05, 0.1) is 5.25 Å². The van der Waals surface area contributed by atoms with Crippen LogP contribution in [-0.2, 0) is 0 Å². The molecule has 0 aliphatic heterocycles. The molecule has 2 heterocycles. The standard InChI is InChI=1S/C19H17ClN4OS/c1-12(17(25)13-2-4-15(20)5-3-13)26-19-23-22-18(24(19)16-6-7-16)14-8-10-21-11-9-14/h2-5,8-12,16H,6-7H2,1H3. The van der Waals surface area contributed by atoms with Gasteiger partial charge in [0, 0.05) is 34.6 Å². The summed E-state index contributed by atoms with van der Waals surface area (Å²) >= 11 is 7.36. The molecule has 3 aromatic rings. The smallest absolute Gasteiger partial charge is 0.192 e. The molecule has 1 atom stereocenters. The number of hydrogen-bond acceptors (Lipinski definition) is 5. The van der Waals surface area contributed by atoms with Gasteiger partial charge in [-0.05, 0) is 56.2 Å². The molecule has 0 saturated heterocycles. The maximum absolute atomic E-state index is 12.7. The summed E-state index contributed by atoms with van der Waals surface area (Å²) in [7, 11) is 0. The van der Waals surface area contributed by atoms with E-state index in [4.69, 9.17) is 11.6 Å². The molecule has 0 spiro atoms. The van der Waals surface area contributed by atoms with Gasteiger partial charge in [-0.2, -0.15) is 0 Å². The molecule has 0 bridgehead atoms. The second-order valence-corrected chi connectivity index (χ2v) is 8.02.